The third kappa shape index (κ3) is 5.22. The number of thiophene rings is 1. The van der Waals surface area contributed by atoms with Crippen molar-refractivity contribution < 1.29 is 19.1 Å². The van der Waals surface area contributed by atoms with Crippen molar-refractivity contribution in [3.63, 3.8) is 0 Å². The Morgan fingerprint density at radius 1 is 1.20 bits per heavy atom. The summed E-state index contributed by atoms with van der Waals surface area (Å²) in [7, 11) is 1.33. The minimum absolute atomic E-state index is 0.0370. The molecule has 0 radical (unpaired) electrons. The van der Waals surface area contributed by atoms with Crippen LogP contribution in [-0.2, 0) is 14.3 Å². The van der Waals surface area contributed by atoms with Gasteiger partial charge in [-0.1, -0.05) is 6.07 Å². The van der Waals surface area contributed by atoms with Crippen molar-refractivity contribution in [2.24, 2.45) is 5.92 Å². The van der Waals surface area contributed by atoms with E-state index in [1.165, 1.54) is 18.4 Å². The number of methoxy groups -OCH3 is 1. The Hall–Kier alpha value is -2.78. The predicted octanol–water partition coefficient (Wildman–Crippen LogP) is 2.84. The van der Waals surface area contributed by atoms with Gasteiger partial charge in [-0.05, 0) is 57.5 Å². The Morgan fingerprint density at radius 2 is 1.93 bits per heavy atom. The molecule has 2 N–H and O–H groups in total. The highest BCUT2D eigenvalue weighted by atomic mass is 32.1. The number of carbonyl (C=O) groups is 3. The van der Waals surface area contributed by atoms with Gasteiger partial charge in [0.25, 0.3) is 0 Å². The summed E-state index contributed by atoms with van der Waals surface area (Å²) in [6, 6.07) is 5.38. The molecule has 160 valence electrons. The first-order valence-corrected chi connectivity index (χ1v) is 10.6. The summed E-state index contributed by atoms with van der Waals surface area (Å²) in [5.41, 5.74) is 1.24. The van der Waals surface area contributed by atoms with Crippen LogP contribution in [0.2, 0.25) is 0 Å². The van der Waals surface area contributed by atoms with Crippen LogP contribution in [0.4, 0.5) is 10.8 Å². The fourth-order valence-electron chi connectivity index (χ4n) is 3.45. The third-order valence-corrected chi connectivity index (χ3v) is 6.39. The van der Waals surface area contributed by atoms with Crippen LogP contribution in [-0.4, -0.2) is 54.4 Å². The molecule has 3 rings (SSSR count). The van der Waals surface area contributed by atoms with Crippen molar-refractivity contribution in [3.05, 3.63) is 40.4 Å². The molecule has 0 aliphatic carbocycles. The Bertz CT molecular complexity index is 921. The number of ether oxygens (including phenoxy) is 1. The zero-order valence-corrected chi connectivity index (χ0v) is 18.2. The molecule has 2 aromatic rings. The molecule has 0 atom stereocenters. The Balaban J connectivity index is 1.51. The van der Waals surface area contributed by atoms with E-state index in [1.807, 2.05) is 24.8 Å². The molecule has 0 aromatic carbocycles. The van der Waals surface area contributed by atoms with Crippen LogP contribution in [0.3, 0.4) is 0 Å². The first-order chi connectivity index (χ1) is 14.4. The molecule has 9 heteroatoms. The van der Waals surface area contributed by atoms with Gasteiger partial charge in [0.2, 0.25) is 11.8 Å². The third-order valence-electron chi connectivity index (χ3n) is 5.27. The van der Waals surface area contributed by atoms with Crippen molar-refractivity contribution in [1.82, 2.24) is 9.88 Å². The molecular weight excluding hydrogens is 404 g/mol. The van der Waals surface area contributed by atoms with Crippen LogP contribution in [0.1, 0.15) is 33.6 Å². The zero-order valence-electron chi connectivity index (χ0n) is 17.4. The lowest BCUT2D eigenvalue weighted by Crippen LogP contribution is -2.41. The number of nitrogens with zero attached hydrogens (tertiary/aromatic N) is 2. The molecule has 2 amide bonds. The van der Waals surface area contributed by atoms with Gasteiger partial charge in [0.05, 0.1) is 19.2 Å². The highest BCUT2D eigenvalue weighted by Crippen LogP contribution is 2.33. The number of piperidine rings is 1. The lowest BCUT2D eigenvalue weighted by Gasteiger charge is -2.30. The zero-order chi connectivity index (χ0) is 21.7. The number of carbonyl (C=O) groups excluding carboxylic acids is 3. The maximum absolute atomic E-state index is 12.5. The number of amides is 2. The summed E-state index contributed by atoms with van der Waals surface area (Å²) in [4.78, 5) is 44.1. The van der Waals surface area contributed by atoms with Crippen LogP contribution in [0.5, 0.6) is 0 Å². The van der Waals surface area contributed by atoms with Crippen LogP contribution >= 0.6 is 11.3 Å². The molecule has 1 aliphatic rings. The number of likely N-dealkylation sites (tertiary alicyclic amines) is 1. The molecule has 8 nitrogen and oxygen atoms in total. The van der Waals surface area contributed by atoms with Gasteiger partial charge < -0.3 is 15.4 Å². The molecule has 0 saturated carbocycles. The van der Waals surface area contributed by atoms with E-state index in [9.17, 15) is 14.4 Å². The standard InChI is InChI=1S/C21H26N4O4S/c1-13-14(2)30-20(18(13)21(28)29-3)24-17(26)12-25-10-7-15(8-11-25)19(27)23-16-6-4-5-9-22-16/h4-6,9,15H,7-8,10-12H2,1-3H3,(H,24,26)(H,22,23,27). The van der Waals surface area contributed by atoms with Gasteiger partial charge in [-0.25, -0.2) is 9.78 Å². The van der Waals surface area contributed by atoms with Gasteiger partial charge in [0, 0.05) is 17.0 Å². The maximum atomic E-state index is 12.5. The smallest absolute Gasteiger partial charge is 0.341 e. The van der Waals surface area contributed by atoms with E-state index < -0.39 is 5.97 Å². The quantitative estimate of drug-likeness (QED) is 0.684. The molecule has 2 aromatic heterocycles. The van der Waals surface area contributed by atoms with Gasteiger partial charge in [-0.2, -0.15) is 0 Å². The summed E-state index contributed by atoms with van der Waals surface area (Å²) in [6.07, 6.45) is 2.99. The van der Waals surface area contributed by atoms with Gasteiger partial charge in [0.15, 0.2) is 0 Å². The van der Waals surface area contributed by atoms with Crippen LogP contribution in [0, 0.1) is 19.8 Å². The SMILES string of the molecule is COC(=O)c1c(NC(=O)CN2CCC(C(=O)Nc3ccccn3)CC2)sc(C)c1C. The Labute approximate surface area is 179 Å². The molecule has 1 saturated heterocycles. The molecule has 3 heterocycles. The number of hydrogen-bond acceptors (Lipinski definition) is 7. The lowest BCUT2D eigenvalue weighted by atomic mass is 9.96. The van der Waals surface area contributed by atoms with Gasteiger partial charge in [0.1, 0.15) is 10.8 Å². The first kappa shape index (κ1) is 21.9. The molecular formula is C21H26N4O4S. The second-order valence-corrected chi connectivity index (χ2v) is 8.51. The Morgan fingerprint density at radius 3 is 2.57 bits per heavy atom. The molecule has 1 aliphatic heterocycles. The molecule has 30 heavy (non-hydrogen) atoms. The average Bonchev–Trinajstić information content (AvgIpc) is 3.01. The van der Waals surface area contributed by atoms with E-state index in [2.05, 4.69) is 15.6 Å². The van der Waals surface area contributed by atoms with Crippen LogP contribution in [0.15, 0.2) is 24.4 Å². The van der Waals surface area contributed by atoms with Crippen molar-refractivity contribution in [2.45, 2.75) is 26.7 Å². The molecule has 1 fully saturated rings. The van der Waals surface area contributed by atoms with Crippen LogP contribution < -0.4 is 10.6 Å². The first-order valence-electron chi connectivity index (χ1n) is 9.81. The highest BCUT2D eigenvalue weighted by molar-refractivity contribution is 7.16. The summed E-state index contributed by atoms with van der Waals surface area (Å²) in [6.45, 7) is 5.27. The van der Waals surface area contributed by atoms with E-state index >= 15 is 0 Å². The lowest BCUT2D eigenvalue weighted by molar-refractivity contribution is -0.121. The van der Waals surface area contributed by atoms with E-state index in [1.54, 1.807) is 18.3 Å². The topological polar surface area (TPSA) is 101 Å². The summed E-state index contributed by atoms with van der Waals surface area (Å²) in [5, 5.41) is 6.21. The van der Waals surface area contributed by atoms with E-state index in [-0.39, 0.29) is 24.3 Å². The second-order valence-electron chi connectivity index (χ2n) is 7.28. The number of nitrogens with one attached hydrogen (secondary N) is 2. The number of esters is 1. The van der Waals surface area contributed by atoms with Crippen molar-refractivity contribution >= 4 is 39.9 Å². The van der Waals surface area contributed by atoms with Gasteiger partial charge in [-0.15, -0.1) is 11.3 Å². The molecule has 0 spiro atoms. The summed E-state index contributed by atoms with van der Waals surface area (Å²) in [5.74, 6) is -0.221. The number of aromatic nitrogens is 1. The normalized spacial score (nSPS) is 14.9. The van der Waals surface area contributed by atoms with Crippen molar-refractivity contribution in [3.8, 4) is 0 Å². The monoisotopic (exact) mass is 430 g/mol. The predicted molar refractivity (Wildman–Crippen MR) is 116 cm³/mol. The average molecular weight is 431 g/mol. The fourth-order valence-corrected chi connectivity index (χ4v) is 4.52. The molecule has 0 bridgehead atoms. The van der Waals surface area contributed by atoms with E-state index in [0.717, 1.165) is 10.4 Å². The second kappa shape index (κ2) is 9.82. The largest absolute Gasteiger partial charge is 0.465 e. The minimum atomic E-state index is -0.452. The summed E-state index contributed by atoms with van der Waals surface area (Å²) < 4.78 is 4.84. The van der Waals surface area contributed by atoms with Gasteiger partial charge >= 0.3 is 5.97 Å². The maximum Gasteiger partial charge on any atom is 0.341 e. The number of hydrogen-bond donors (Lipinski definition) is 2. The van der Waals surface area contributed by atoms with Crippen molar-refractivity contribution in [1.29, 1.82) is 0 Å². The van der Waals surface area contributed by atoms with E-state index in [0.29, 0.717) is 42.3 Å². The Kier molecular flexibility index (Phi) is 7.17. The van der Waals surface area contributed by atoms with Crippen LogP contribution in [0.25, 0.3) is 0 Å². The fraction of sp³-hybridized carbons (Fsp3) is 0.429. The number of pyridine rings is 1. The van der Waals surface area contributed by atoms with Gasteiger partial charge in [-0.3, -0.25) is 14.5 Å². The summed E-state index contributed by atoms with van der Waals surface area (Å²) >= 11 is 1.37. The number of rotatable bonds is 6. The van der Waals surface area contributed by atoms with E-state index in [4.69, 9.17) is 4.74 Å². The number of anilines is 2. The highest BCUT2D eigenvalue weighted by Gasteiger charge is 2.27. The molecule has 0 unspecified atom stereocenters. The number of aryl methyl sites for hydroxylation is 1. The minimum Gasteiger partial charge on any atom is -0.465 e. The van der Waals surface area contributed by atoms with Crippen molar-refractivity contribution in [2.75, 3.05) is 37.4 Å².